The molecule has 1 aliphatic carbocycles. The van der Waals surface area contributed by atoms with Gasteiger partial charge in [-0.25, -0.2) is 0 Å². The normalized spacial score (nSPS) is 19.0. The summed E-state index contributed by atoms with van der Waals surface area (Å²) in [7, 11) is 0. The van der Waals surface area contributed by atoms with Crippen LogP contribution in [-0.4, -0.2) is 11.5 Å². The minimum atomic E-state index is 1.01. The van der Waals surface area contributed by atoms with Crippen molar-refractivity contribution in [3.8, 4) is 0 Å². The lowest BCUT2D eigenvalue weighted by atomic mass is 10.4. The van der Waals surface area contributed by atoms with Crippen molar-refractivity contribution in [3.05, 3.63) is 0 Å². The van der Waals surface area contributed by atoms with Crippen molar-refractivity contribution >= 4 is 11.8 Å². The fourth-order valence-electron chi connectivity index (χ4n) is 1.12. The van der Waals surface area contributed by atoms with E-state index in [0.717, 1.165) is 5.25 Å². The Balaban J connectivity index is 0.000000291. The van der Waals surface area contributed by atoms with Crippen molar-refractivity contribution in [1.29, 1.82) is 0 Å². The quantitative estimate of drug-likeness (QED) is 0.547. The summed E-state index contributed by atoms with van der Waals surface area (Å²) in [6.07, 6.45) is 8.12. The first-order valence-electron chi connectivity index (χ1n) is 3.96. The van der Waals surface area contributed by atoms with Gasteiger partial charge in [-0.1, -0.05) is 26.7 Å². The standard InChI is InChI=1S/C6H12S.C2H6/c1-7-6-4-2-3-5-6;1-2/h6H,2-5H2,1H3;1-2H3. The first-order valence-corrected chi connectivity index (χ1v) is 5.25. The Kier molecular flexibility index (Phi) is 6.72. The summed E-state index contributed by atoms with van der Waals surface area (Å²) in [5.41, 5.74) is 0. The predicted octanol–water partition coefficient (Wildman–Crippen LogP) is 3.32. The highest BCUT2D eigenvalue weighted by atomic mass is 32.2. The maximum Gasteiger partial charge on any atom is 0.00442 e. The molecule has 0 nitrogen and oxygen atoms in total. The predicted molar refractivity (Wildman–Crippen MR) is 47.1 cm³/mol. The molecule has 0 aromatic heterocycles. The zero-order valence-electron chi connectivity index (χ0n) is 6.81. The van der Waals surface area contributed by atoms with E-state index in [2.05, 4.69) is 6.26 Å². The third-order valence-corrected chi connectivity index (χ3v) is 2.77. The molecule has 0 bridgehead atoms. The van der Waals surface area contributed by atoms with Gasteiger partial charge in [0, 0.05) is 5.25 Å². The summed E-state index contributed by atoms with van der Waals surface area (Å²) in [5.74, 6) is 0. The van der Waals surface area contributed by atoms with E-state index in [1.807, 2.05) is 25.6 Å². The molecule has 0 aromatic rings. The highest BCUT2D eigenvalue weighted by Gasteiger charge is 2.11. The maximum absolute atomic E-state index is 2.22. The minimum Gasteiger partial charge on any atom is -0.162 e. The van der Waals surface area contributed by atoms with Gasteiger partial charge < -0.3 is 0 Å². The first-order chi connectivity index (χ1) is 4.43. The molecule has 1 fully saturated rings. The lowest BCUT2D eigenvalue weighted by Crippen LogP contribution is -1.89. The van der Waals surface area contributed by atoms with E-state index in [0.29, 0.717) is 0 Å². The smallest absolute Gasteiger partial charge is 0.00442 e. The SMILES string of the molecule is CC.CSC1CCCC1. The van der Waals surface area contributed by atoms with Crippen LogP contribution in [0.2, 0.25) is 0 Å². The molecule has 9 heavy (non-hydrogen) atoms. The highest BCUT2D eigenvalue weighted by molar-refractivity contribution is 7.99. The summed E-state index contributed by atoms with van der Waals surface area (Å²) < 4.78 is 0. The van der Waals surface area contributed by atoms with Gasteiger partial charge in [0.15, 0.2) is 0 Å². The van der Waals surface area contributed by atoms with Crippen LogP contribution in [0.15, 0.2) is 0 Å². The summed E-state index contributed by atoms with van der Waals surface area (Å²) in [5, 5.41) is 1.01. The Morgan fingerprint density at radius 2 is 1.56 bits per heavy atom. The van der Waals surface area contributed by atoms with Crippen LogP contribution < -0.4 is 0 Å². The molecular formula is C8H18S. The zero-order valence-corrected chi connectivity index (χ0v) is 7.63. The van der Waals surface area contributed by atoms with Crippen molar-refractivity contribution in [2.45, 2.75) is 44.8 Å². The third kappa shape index (κ3) is 3.85. The Morgan fingerprint density at radius 3 is 1.78 bits per heavy atom. The van der Waals surface area contributed by atoms with E-state index in [1.165, 1.54) is 25.7 Å². The van der Waals surface area contributed by atoms with Gasteiger partial charge in [0.05, 0.1) is 0 Å². The monoisotopic (exact) mass is 146 g/mol. The van der Waals surface area contributed by atoms with Gasteiger partial charge in [-0.3, -0.25) is 0 Å². The Morgan fingerprint density at radius 1 is 1.11 bits per heavy atom. The first kappa shape index (κ1) is 9.35. The molecule has 1 heteroatoms. The average molecular weight is 146 g/mol. The number of rotatable bonds is 1. The van der Waals surface area contributed by atoms with Gasteiger partial charge in [0.2, 0.25) is 0 Å². The summed E-state index contributed by atoms with van der Waals surface area (Å²) in [6.45, 7) is 4.00. The largest absolute Gasteiger partial charge is 0.162 e. The van der Waals surface area contributed by atoms with E-state index in [1.54, 1.807) is 0 Å². The molecule has 0 aromatic carbocycles. The van der Waals surface area contributed by atoms with Crippen LogP contribution in [0.1, 0.15) is 39.5 Å². The van der Waals surface area contributed by atoms with Crippen LogP contribution in [0, 0.1) is 0 Å². The molecule has 0 saturated heterocycles. The van der Waals surface area contributed by atoms with Crippen molar-refractivity contribution in [2.75, 3.05) is 6.26 Å². The second-order valence-corrected chi connectivity index (χ2v) is 3.28. The average Bonchev–Trinajstić information content (AvgIpc) is 2.43. The maximum atomic E-state index is 2.22. The zero-order chi connectivity index (χ0) is 7.11. The molecule has 0 spiro atoms. The molecule has 0 radical (unpaired) electrons. The van der Waals surface area contributed by atoms with Gasteiger partial charge in [-0.2, -0.15) is 11.8 Å². The van der Waals surface area contributed by atoms with Gasteiger partial charge in [0.1, 0.15) is 0 Å². The second-order valence-electron chi connectivity index (χ2n) is 2.14. The molecular weight excluding hydrogens is 128 g/mol. The van der Waals surface area contributed by atoms with E-state index in [4.69, 9.17) is 0 Å². The molecule has 56 valence electrons. The topological polar surface area (TPSA) is 0 Å². The van der Waals surface area contributed by atoms with Gasteiger partial charge >= 0.3 is 0 Å². The number of thioether (sulfide) groups is 1. The van der Waals surface area contributed by atoms with Crippen LogP contribution >= 0.6 is 11.8 Å². The van der Waals surface area contributed by atoms with E-state index in [-0.39, 0.29) is 0 Å². The van der Waals surface area contributed by atoms with Gasteiger partial charge in [0.25, 0.3) is 0 Å². The molecule has 0 atom stereocenters. The Labute approximate surface area is 63.4 Å². The lowest BCUT2D eigenvalue weighted by molar-refractivity contribution is 0.886. The minimum absolute atomic E-state index is 1.01. The van der Waals surface area contributed by atoms with Crippen LogP contribution in [0.25, 0.3) is 0 Å². The molecule has 0 N–H and O–H groups in total. The lowest BCUT2D eigenvalue weighted by Gasteiger charge is -1.99. The Bertz CT molecular complexity index is 46.5. The van der Waals surface area contributed by atoms with Gasteiger partial charge in [-0.05, 0) is 19.1 Å². The summed E-state index contributed by atoms with van der Waals surface area (Å²) in [6, 6.07) is 0. The summed E-state index contributed by atoms with van der Waals surface area (Å²) in [4.78, 5) is 0. The molecule has 1 rings (SSSR count). The second kappa shape index (κ2) is 6.47. The van der Waals surface area contributed by atoms with E-state index < -0.39 is 0 Å². The molecule has 0 aliphatic heterocycles. The third-order valence-electron chi connectivity index (χ3n) is 1.64. The van der Waals surface area contributed by atoms with Crippen LogP contribution in [0.5, 0.6) is 0 Å². The van der Waals surface area contributed by atoms with Crippen molar-refractivity contribution in [2.24, 2.45) is 0 Å². The van der Waals surface area contributed by atoms with Crippen molar-refractivity contribution in [1.82, 2.24) is 0 Å². The van der Waals surface area contributed by atoms with Crippen LogP contribution in [0.4, 0.5) is 0 Å². The van der Waals surface area contributed by atoms with E-state index >= 15 is 0 Å². The van der Waals surface area contributed by atoms with Crippen molar-refractivity contribution in [3.63, 3.8) is 0 Å². The molecule has 1 saturated carbocycles. The molecule has 0 heterocycles. The van der Waals surface area contributed by atoms with Crippen molar-refractivity contribution < 1.29 is 0 Å². The molecule has 1 aliphatic rings. The van der Waals surface area contributed by atoms with Gasteiger partial charge in [-0.15, -0.1) is 0 Å². The molecule has 0 unspecified atom stereocenters. The Hall–Kier alpha value is 0.350. The van der Waals surface area contributed by atoms with E-state index in [9.17, 15) is 0 Å². The number of hydrogen-bond donors (Lipinski definition) is 0. The highest BCUT2D eigenvalue weighted by Crippen LogP contribution is 2.26. The van der Waals surface area contributed by atoms with Crippen LogP contribution in [-0.2, 0) is 0 Å². The molecule has 0 amide bonds. The summed E-state index contributed by atoms with van der Waals surface area (Å²) >= 11 is 2.03. The fourth-order valence-corrected chi connectivity index (χ4v) is 1.93. The fraction of sp³-hybridized carbons (Fsp3) is 1.00. The number of hydrogen-bond acceptors (Lipinski definition) is 1. The van der Waals surface area contributed by atoms with Crippen LogP contribution in [0.3, 0.4) is 0 Å².